The van der Waals surface area contributed by atoms with E-state index in [1.807, 2.05) is 18.2 Å². The summed E-state index contributed by atoms with van der Waals surface area (Å²) in [7, 11) is 1.68. The minimum absolute atomic E-state index is 0.294. The fourth-order valence-corrected chi connectivity index (χ4v) is 3.29. The molecule has 1 N–H and O–H groups in total. The van der Waals surface area contributed by atoms with Crippen molar-refractivity contribution in [3.8, 4) is 5.75 Å². The molecule has 0 bridgehead atoms. The number of hydrogen-bond donors (Lipinski definition) is 1. The molecule has 21 heavy (non-hydrogen) atoms. The molecule has 0 aromatic heterocycles. The van der Waals surface area contributed by atoms with Gasteiger partial charge >= 0.3 is 0 Å². The van der Waals surface area contributed by atoms with E-state index in [2.05, 4.69) is 30.3 Å². The van der Waals surface area contributed by atoms with Crippen LogP contribution >= 0.6 is 0 Å². The van der Waals surface area contributed by atoms with Crippen molar-refractivity contribution in [1.29, 1.82) is 0 Å². The smallest absolute Gasteiger partial charge is 0.118 e. The van der Waals surface area contributed by atoms with E-state index in [-0.39, 0.29) is 6.10 Å². The molecule has 0 heterocycles. The van der Waals surface area contributed by atoms with Gasteiger partial charge in [0.1, 0.15) is 5.75 Å². The van der Waals surface area contributed by atoms with Gasteiger partial charge in [0.15, 0.2) is 0 Å². The Morgan fingerprint density at radius 3 is 2.62 bits per heavy atom. The third-order valence-corrected chi connectivity index (χ3v) is 4.50. The molecule has 1 aliphatic rings. The summed E-state index contributed by atoms with van der Waals surface area (Å²) in [6, 6.07) is 16.5. The van der Waals surface area contributed by atoms with Crippen LogP contribution < -0.4 is 4.74 Å². The number of methoxy groups -OCH3 is 1. The number of benzene rings is 2. The molecule has 0 spiro atoms. The maximum Gasteiger partial charge on any atom is 0.118 e. The van der Waals surface area contributed by atoms with E-state index in [0.29, 0.717) is 5.92 Å². The van der Waals surface area contributed by atoms with Gasteiger partial charge in [-0.15, -0.1) is 0 Å². The monoisotopic (exact) mass is 282 g/mol. The van der Waals surface area contributed by atoms with E-state index in [9.17, 15) is 5.11 Å². The van der Waals surface area contributed by atoms with Gasteiger partial charge in [-0.3, -0.25) is 0 Å². The molecule has 0 fully saturated rings. The average Bonchev–Trinajstić information content (AvgIpc) is 2.69. The molecule has 2 aromatic rings. The van der Waals surface area contributed by atoms with E-state index in [4.69, 9.17) is 4.74 Å². The van der Waals surface area contributed by atoms with Crippen LogP contribution in [0.15, 0.2) is 48.5 Å². The van der Waals surface area contributed by atoms with Crippen LogP contribution in [0.25, 0.3) is 0 Å². The second kappa shape index (κ2) is 6.31. The first-order chi connectivity index (χ1) is 10.3. The molecule has 1 aliphatic carbocycles. The largest absolute Gasteiger partial charge is 0.497 e. The first-order valence-corrected chi connectivity index (χ1v) is 7.66. The van der Waals surface area contributed by atoms with Gasteiger partial charge in [0, 0.05) is 0 Å². The predicted octanol–water partition coefficient (Wildman–Crippen LogP) is 3.92. The minimum Gasteiger partial charge on any atom is -0.497 e. The van der Waals surface area contributed by atoms with Gasteiger partial charge in [-0.2, -0.15) is 0 Å². The van der Waals surface area contributed by atoms with Crippen LogP contribution in [0.1, 0.15) is 35.6 Å². The van der Waals surface area contributed by atoms with Crippen molar-refractivity contribution in [2.24, 2.45) is 5.92 Å². The molecular formula is C19H22O2. The average molecular weight is 282 g/mol. The molecule has 2 nitrogen and oxygen atoms in total. The Morgan fingerprint density at radius 2 is 1.86 bits per heavy atom. The zero-order valence-corrected chi connectivity index (χ0v) is 12.5. The highest BCUT2D eigenvalue weighted by molar-refractivity contribution is 5.32. The Bertz CT molecular complexity index is 589. The van der Waals surface area contributed by atoms with Crippen molar-refractivity contribution in [3.63, 3.8) is 0 Å². The summed E-state index contributed by atoms with van der Waals surface area (Å²) in [5, 5.41) is 10.7. The Morgan fingerprint density at radius 1 is 1.10 bits per heavy atom. The number of rotatable bonds is 3. The van der Waals surface area contributed by atoms with Crippen molar-refractivity contribution in [1.82, 2.24) is 0 Å². The molecule has 0 saturated heterocycles. The molecule has 2 atom stereocenters. The molecule has 3 rings (SSSR count). The van der Waals surface area contributed by atoms with E-state index in [1.165, 1.54) is 11.1 Å². The third kappa shape index (κ3) is 3.11. The molecule has 0 amide bonds. The molecule has 0 radical (unpaired) electrons. The van der Waals surface area contributed by atoms with Crippen LogP contribution in [0.5, 0.6) is 5.75 Å². The Labute approximate surface area is 126 Å². The summed E-state index contributed by atoms with van der Waals surface area (Å²) in [5.74, 6) is 1.17. The summed E-state index contributed by atoms with van der Waals surface area (Å²) in [6.07, 6.45) is 3.86. The highest BCUT2D eigenvalue weighted by atomic mass is 16.5. The number of ether oxygens (including phenoxy) is 1. The van der Waals surface area contributed by atoms with Crippen molar-refractivity contribution in [2.75, 3.05) is 7.11 Å². The fourth-order valence-electron chi connectivity index (χ4n) is 3.29. The lowest BCUT2D eigenvalue weighted by molar-refractivity contribution is 0.105. The first kappa shape index (κ1) is 14.2. The molecule has 110 valence electrons. The van der Waals surface area contributed by atoms with Gasteiger partial charge in [-0.05, 0) is 60.4 Å². The topological polar surface area (TPSA) is 29.5 Å². The Balaban J connectivity index is 1.78. The molecule has 2 heteroatoms. The normalized spacial score (nSPS) is 21.4. The molecular weight excluding hydrogens is 260 g/mol. The second-order valence-electron chi connectivity index (χ2n) is 5.85. The maximum absolute atomic E-state index is 10.7. The molecule has 0 aliphatic heterocycles. The SMILES string of the molecule is COc1ccc(CC2CCCc3ccccc3C2O)cc1. The first-order valence-electron chi connectivity index (χ1n) is 7.66. The maximum atomic E-state index is 10.7. The van der Waals surface area contributed by atoms with E-state index >= 15 is 0 Å². The van der Waals surface area contributed by atoms with Crippen LogP contribution in [-0.2, 0) is 12.8 Å². The van der Waals surface area contributed by atoms with Gasteiger partial charge in [0.2, 0.25) is 0 Å². The Kier molecular flexibility index (Phi) is 4.26. The zero-order chi connectivity index (χ0) is 14.7. The summed E-state index contributed by atoms with van der Waals surface area (Å²) >= 11 is 0. The van der Waals surface area contributed by atoms with Crippen molar-refractivity contribution in [2.45, 2.75) is 31.8 Å². The standard InChI is InChI=1S/C19H22O2/c1-21-17-11-9-14(10-12-17)13-16-7-4-6-15-5-2-3-8-18(15)19(16)20/h2-3,5,8-12,16,19-20H,4,6-7,13H2,1H3. The van der Waals surface area contributed by atoms with Crippen molar-refractivity contribution < 1.29 is 9.84 Å². The van der Waals surface area contributed by atoms with Crippen LogP contribution in [0.4, 0.5) is 0 Å². The zero-order valence-electron chi connectivity index (χ0n) is 12.5. The minimum atomic E-state index is -0.356. The summed E-state index contributed by atoms with van der Waals surface area (Å²) < 4.78 is 5.20. The lowest BCUT2D eigenvalue weighted by Gasteiger charge is -2.22. The van der Waals surface area contributed by atoms with Crippen molar-refractivity contribution >= 4 is 0 Å². The number of hydrogen-bond acceptors (Lipinski definition) is 2. The van der Waals surface area contributed by atoms with E-state index in [1.54, 1.807) is 7.11 Å². The van der Waals surface area contributed by atoms with E-state index < -0.39 is 0 Å². The highest BCUT2D eigenvalue weighted by Gasteiger charge is 2.25. The van der Waals surface area contributed by atoms with Crippen molar-refractivity contribution in [3.05, 3.63) is 65.2 Å². The van der Waals surface area contributed by atoms with Crippen LogP contribution in [0.2, 0.25) is 0 Å². The highest BCUT2D eigenvalue weighted by Crippen LogP contribution is 2.35. The van der Waals surface area contributed by atoms with Crippen LogP contribution in [0.3, 0.4) is 0 Å². The Hall–Kier alpha value is -1.80. The van der Waals surface area contributed by atoms with Gasteiger partial charge in [-0.25, -0.2) is 0 Å². The number of aryl methyl sites for hydroxylation is 1. The predicted molar refractivity (Wildman–Crippen MR) is 84.5 cm³/mol. The summed E-state index contributed by atoms with van der Waals surface area (Å²) in [6.45, 7) is 0. The fraction of sp³-hybridized carbons (Fsp3) is 0.368. The van der Waals surface area contributed by atoms with Gasteiger partial charge in [0.25, 0.3) is 0 Å². The quantitative estimate of drug-likeness (QED) is 0.865. The lowest BCUT2D eigenvalue weighted by Crippen LogP contribution is -2.14. The number of fused-ring (bicyclic) bond motifs is 1. The molecule has 2 aromatic carbocycles. The van der Waals surface area contributed by atoms with Gasteiger partial charge < -0.3 is 9.84 Å². The van der Waals surface area contributed by atoms with Gasteiger partial charge in [-0.1, -0.05) is 36.4 Å². The third-order valence-electron chi connectivity index (χ3n) is 4.50. The van der Waals surface area contributed by atoms with Crippen LogP contribution in [-0.4, -0.2) is 12.2 Å². The van der Waals surface area contributed by atoms with Gasteiger partial charge in [0.05, 0.1) is 13.2 Å². The number of aliphatic hydroxyl groups excluding tert-OH is 1. The molecule has 0 saturated carbocycles. The van der Waals surface area contributed by atoms with E-state index in [0.717, 1.165) is 37.0 Å². The van der Waals surface area contributed by atoms with Crippen LogP contribution in [0, 0.1) is 5.92 Å². The molecule has 2 unspecified atom stereocenters. The summed E-state index contributed by atoms with van der Waals surface area (Å²) in [5.41, 5.74) is 3.69. The second-order valence-corrected chi connectivity index (χ2v) is 5.85. The lowest BCUT2D eigenvalue weighted by atomic mass is 9.88. The summed E-state index contributed by atoms with van der Waals surface area (Å²) in [4.78, 5) is 0. The number of aliphatic hydroxyl groups is 1.